The predicted octanol–water partition coefficient (Wildman–Crippen LogP) is 3.09. The van der Waals surface area contributed by atoms with Crippen molar-refractivity contribution in [2.75, 3.05) is 0 Å². The molecule has 0 bridgehead atoms. The van der Waals surface area contributed by atoms with Crippen molar-refractivity contribution >= 4 is 38.5 Å². The van der Waals surface area contributed by atoms with Crippen molar-refractivity contribution in [1.82, 2.24) is 4.98 Å². The van der Waals surface area contributed by atoms with Crippen LogP contribution in [0.5, 0.6) is 5.75 Å². The van der Waals surface area contributed by atoms with Gasteiger partial charge in [0.1, 0.15) is 5.69 Å². The monoisotopic (exact) mass is 349 g/mol. The molecule has 1 N–H and O–H groups in total. The Morgan fingerprint density at radius 1 is 1.58 bits per heavy atom. The van der Waals surface area contributed by atoms with Crippen LogP contribution in [0.3, 0.4) is 0 Å². The Morgan fingerprint density at radius 3 is 2.67 bits per heavy atom. The molecule has 0 aliphatic carbocycles. The smallest absolute Gasteiger partial charge is 0.284 e. The first kappa shape index (κ1) is 10.1. The summed E-state index contributed by atoms with van der Waals surface area (Å²) in [5.41, 5.74) is -0.595. The van der Waals surface area contributed by atoms with E-state index in [2.05, 4.69) is 20.9 Å². The molecule has 1 aromatic heterocycles. The summed E-state index contributed by atoms with van der Waals surface area (Å²) >= 11 is 4.84. The summed E-state index contributed by atoms with van der Waals surface area (Å²) in [6, 6.07) is 0. The first-order chi connectivity index (χ1) is 5.54. The number of hydrogen-bond acceptors (Lipinski definition) is 2. The highest BCUT2D eigenvalue weighted by atomic mass is 127. The lowest BCUT2D eigenvalue weighted by molar-refractivity contribution is 0.141. The van der Waals surface area contributed by atoms with Crippen molar-refractivity contribution in [1.29, 1.82) is 0 Å². The fourth-order valence-electron chi connectivity index (χ4n) is 0.629. The maximum Gasteiger partial charge on any atom is 0.284 e. The van der Waals surface area contributed by atoms with E-state index in [1.54, 1.807) is 0 Å². The Bertz CT molecular complexity index is 308. The van der Waals surface area contributed by atoms with E-state index in [-0.39, 0.29) is 4.47 Å². The molecule has 0 fully saturated rings. The summed E-state index contributed by atoms with van der Waals surface area (Å²) in [6.45, 7) is 0. The maximum absolute atomic E-state index is 12.1. The van der Waals surface area contributed by atoms with Crippen LogP contribution in [-0.2, 0) is 0 Å². The molecule has 0 unspecified atom stereocenters. The van der Waals surface area contributed by atoms with Crippen LogP contribution in [0.2, 0.25) is 0 Å². The third-order valence-electron chi connectivity index (χ3n) is 1.18. The van der Waals surface area contributed by atoms with Gasteiger partial charge in [-0.3, -0.25) is 4.98 Å². The zero-order valence-corrected chi connectivity index (χ0v) is 9.30. The van der Waals surface area contributed by atoms with E-state index in [0.717, 1.165) is 0 Å². The van der Waals surface area contributed by atoms with Crippen molar-refractivity contribution in [2.45, 2.75) is 6.43 Å². The highest BCUT2D eigenvalue weighted by Crippen LogP contribution is 2.35. The van der Waals surface area contributed by atoms with Gasteiger partial charge in [0.2, 0.25) is 0 Å². The van der Waals surface area contributed by atoms with Crippen LogP contribution in [0.4, 0.5) is 8.78 Å². The Hall–Kier alpha value is 0.0200. The number of rotatable bonds is 1. The minimum absolute atomic E-state index is 0.258. The fraction of sp³-hybridized carbons (Fsp3) is 0.167. The van der Waals surface area contributed by atoms with Gasteiger partial charge in [-0.25, -0.2) is 8.78 Å². The van der Waals surface area contributed by atoms with Crippen molar-refractivity contribution in [2.24, 2.45) is 0 Å². The number of nitrogens with zero attached hydrogens (tertiary/aromatic N) is 1. The number of pyridine rings is 1. The molecule has 66 valence electrons. The van der Waals surface area contributed by atoms with E-state index in [4.69, 9.17) is 5.11 Å². The van der Waals surface area contributed by atoms with Gasteiger partial charge in [0.25, 0.3) is 6.43 Å². The zero-order valence-electron chi connectivity index (χ0n) is 5.56. The van der Waals surface area contributed by atoms with Crippen LogP contribution in [0, 0.1) is 3.57 Å². The maximum atomic E-state index is 12.1. The average Bonchev–Trinajstić information content (AvgIpc) is 2.00. The van der Waals surface area contributed by atoms with Gasteiger partial charge in [-0.1, -0.05) is 0 Å². The SMILES string of the molecule is Oc1c(C(F)F)ncc(I)c1Br. The van der Waals surface area contributed by atoms with E-state index < -0.39 is 17.9 Å². The average molecular weight is 350 g/mol. The summed E-state index contributed by atoms with van der Waals surface area (Å²) in [5, 5.41) is 9.15. The normalized spacial score (nSPS) is 10.8. The first-order valence-corrected chi connectivity index (χ1v) is 4.72. The van der Waals surface area contributed by atoms with E-state index in [9.17, 15) is 8.78 Å². The third kappa shape index (κ3) is 1.85. The van der Waals surface area contributed by atoms with Gasteiger partial charge in [0.05, 0.1) is 4.47 Å². The quantitative estimate of drug-likeness (QED) is 0.790. The minimum atomic E-state index is -2.75. The van der Waals surface area contributed by atoms with Gasteiger partial charge in [0, 0.05) is 9.77 Å². The van der Waals surface area contributed by atoms with Gasteiger partial charge >= 0.3 is 0 Å². The molecule has 0 amide bonds. The molecule has 0 aliphatic heterocycles. The lowest BCUT2D eigenvalue weighted by Gasteiger charge is -2.04. The number of hydrogen-bond donors (Lipinski definition) is 1. The lowest BCUT2D eigenvalue weighted by Crippen LogP contribution is -1.92. The topological polar surface area (TPSA) is 33.1 Å². The Kier molecular flexibility index (Phi) is 3.22. The Labute approximate surface area is 89.3 Å². The van der Waals surface area contributed by atoms with Gasteiger partial charge < -0.3 is 5.11 Å². The highest BCUT2D eigenvalue weighted by Gasteiger charge is 2.17. The van der Waals surface area contributed by atoms with Crippen molar-refractivity contribution in [3.8, 4) is 5.75 Å². The largest absolute Gasteiger partial charge is 0.505 e. The molecule has 0 aliphatic rings. The Morgan fingerprint density at radius 2 is 2.17 bits per heavy atom. The molecule has 1 aromatic rings. The second-order valence-corrected chi connectivity index (χ2v) is 3.91. The van der Waals surface area contributed by atoms with Crippen LogP contribution < -0.4 is 0 Å². The molecule has 12 heavy (non-hydrogen) atoms. The van der Waals surface area contributed by atoms with Crippen LogP contribution in [0.25, 0.3) is 0 Å². The summed E-state index contributed by atoms with van der Waals surface area (Å²) < 4.78 is 25.0. The van der Waals surface area contributed by atoms with E-state index in [1.807, 2.05) is 22.6 Å². The molecule has 2 nitrogen and oxygen atoms in total. The fourth-order valence-corrected chi connectivity index (χ4v) is 1.33. The van der Waals surface area contributed by atoms with Crippen LogP contribution in [0.1, 0.15) is 12.1 Å². The summed E-state index contributed by atoms with van der Waals surface area (Å²) in [4.78, 5) is 3.40. The zero-order chi connectivity index (χ0) is 9.30. The van der Waals surface area contributed by atoms with E-state index in [0.29, 0.717) is 3.57 Å². The molecule has 6 heteroatoms. The molecular formula is C6H3BrF2INO. The number of aromatic hydroxyl groups is 1. The first-order valence-electron chi connectivity index (χ1n) is 2.85. The van der Waals surface area contributed by atoms with E-state index >= 15 is 0 Å². The number of halogens is 4. The van der Waals surface area contributed by atoms with Gasteiger partial charge in [0.15, 0.2) is 5.75 Å². The minimum Gasteiger partial charge on any atom is -0.505 e. The van der Waals surface area contributed by atoms with E-state index in [1.165, 1.54) is 6.20 Å². The second-order valence-electron chi connectivity index (χ2n) is 1.95. The number of alkyl halides is 2. The molecule has 0 radical (unpaired) electrons. The van der Waals surface area contributed by atoms with Crippen LogP contribution in [0.15, 0.2) is 10.7 Å². The molecule has 0 spiro atoms. The highest BCUT2D eigenvalue weighted by molar-refractivity contribution is 14.1. The summed E-state index contributed by atoms with van der Waals surface area (Å²) in [6.07, 6.45) is -1.48. The van der Waals surface area contributed by atoms with Gasteiger partial charge in [-0.2, -0.15) is 0 Å². The lowest BCUT2D eigenvalue weighted by atomic mass is 10.3. The van der Waals surface area contributed by atoms with Crippen molar-refractivity contribution in [3.63, 3.8) is 0 Å². The predicted molar refractivity (Wildman–Crippen MR) is 51.3 cm³/mol. The molecule has 0 aromatic carbocycles. The standard InChI is InChI=1S/C6H3BrF2INO/c7-3-2(10)1-11-4(5(3)12)6(8)9/h1,6,12H. The molecule has 1 heterocycles. The second kappa shape index (κ2) is 3.82. The molecule has 1 rings (SSSR count). The van der Waals surface area contributed by atoms with Crippen molar-refractivity contribution < 1.29 is 13.9 Å². The van der Waals surface area contributed by atoms with Crippen LogP contribution in [-0.4, -0.2) is 10.1 Å². The van der Waals surface area contributed by atoms with Crippen LogP contribution >= 0.6 is 38.5 Å². The van der Waals surface area contributed by atoms with Gasteiger partial charge in [-0.05, 0) is 38.5 Å². The molecule has 0 saturated heterocycles. The summed E-state index contributed by atoms with van der Waals surface area (Å²) in [5.74, 6) is -0.489. The summed E-state index contributed by atoms with van der Waals surface area (Å²) in [7, 11) is 0. The molecule has 0 atom stereocenters. The molecular weight excluding hydrogens is 347 g/mol. The van der Waals surface area contributed by atoms with Gasteiger partial charge in [-0.15, -0.1) is 0 Å². The third-order valence-corrected chi connectivity index (χ3v) is 3.55. The molecule has 0 saturated carbocycles. The number of aromatic nitrogens is 1. The Balaban J connectivity index is 3.27. The van der Waals surface area contributed by atoms with Crippen molar-refractivity contribution in [3.05, 3.63) is 19.9 Å².